The van der Waals surface area contributed by atoms with E-state index in [0.29, 0.717) is 11.6 Å². The van der Waals surface area contributed by atoms with Crippen LogP contribution in [0.4, 0.5) is 17.1 Å². The molecule has 0 bridgehead atoms. The minimum Gasteiger partial charge on any atom is -0.491 e. The highest BCUT2D eigenvalue weighted by Gasteiger charge is 2.15. The van der Waals surface area contributed by atoms with Crippen LogP contribution in [0.5, 0.6) is 5.75 Å². The number of halogens is 2. The Bertz CT molecular complexity index is 634. The van der Waals surface area contributed by atoms with Crippen LogP contribution in [0.15, 0.2) is 42.7 Å². The Morgan fingerprint density at radius 1 is 1.04 bits per heavy atom. The van der Waals surface area contributed by atoms with Gasteiger partial charge in [-0.1, -0.05) is 19.3 Å². The van der Waals surface area contributed by atoms with Crippen molar-refractivity contribution in [2.75, 3.05) is 24.3 Å². The number of nitrogen functional groups attached to an aromatic ring is 1. The third-order valence-electron chi connectivity index (χ3n) is 4.63. The van der Waals surface area contributed by atoms with Gasteiger partial charge in [-0.3, -0.25) is 4.98 Å². The Kier molecular flexibility index (Phi) is 8.87. The fourth-order valence-corrected chi connectivity index (χ4v) is 3.15. The van der Waals surface area contributed by atoms with Crippen LogP contribution in [0.3, 0.4) is 0 Å². The first-order chi connectivity index (χ1) is 11.2. The van der Waals surface area contributed by atoms with E-state index in [1.807, 2.05) is 37.4 Å². The Hall–Kier alpha value is -1.65. The molecule has 1 fully saturated rings. The first-order valence-corrected chi connectivity index (χ1v) is 8.40. The Morgan fingerprint density at radius 3 is 2.36 bits per heavy atom. The number of pyridine rings is 1. The molecule has 0 aliphatic heterocycles. The molecule has 1 heterocycles. The summed E-state index contributed by atoms with van der Waals surface area (Å²) in [6.45, 7) is 0.781. The molecular weight excluding hydrogens is 357 g/mol. The van der Waals surface area contributed by atoms with E-state index in [1.54, 1.807) is 12.4 Å². The van der Waals surface area contributed by atoms with Crippen LogP contribution in [-0.2, 0) is 0 Å². The van der Waals surface area contributed by atoms with Gasteiger partial charge in [0.05, 0.1) is 12.3 Å². The van der Waals surface area contributed by atoms with Gasteiger partial charge in [0.2, 0.25) is 0 Å². The first-order valence-electron chi connectivity index (χ1n) is 8.40. The van der Waals surface area contributed by atoms with E-state index in [4.69, 9.17) is 10.5 Å². The summed E-state index contributed by atoms with van der Waals surface area (Å²) in [5.41, 5.74) is 9.00. The molecule has 1 aromatic carbocycles. The highest BCUT2D eigenvalue weighted by molar-refractivity contribution is 5.85. The lowest BCUT2D eigenvalue weighted by Gasteiger charge is -2.23. The maximum absolute atomic E-state index is 6.19. The average Bonchev–Trinajstić information content (AvgIpc) is 2.61. The SMILES string of the molecule is CN(c1ccncc1)c1ccc(OCC2CCCCC2)c(N)c1.Cl.Cl. The fraction of sp³-hybridized carbons (Fsp3) is 0.421. The summed E-state index contributed by atoms with van der Waals surface area (Å²) in [5, 5.41) is 0. The normalized spacial score (nSPS) is 14.1. The minimum atomic E-state index is 0. The van der Waals surface area contributed by atoms with Crippen LogP contribution < -0.4 is 15.4 Å². The predicted octanol–water partition coefficient (Wildman–Crippen LogP) is 5.23. The number of benzene rings is 1. The van der Waals surface area contributed by atoms with Crippen molar-refractivity contribution in [2.45, 2.75) is 32.1 Å². The third-order valence-corrected chi connectivity index (χ3v) is 4.63. The Morgan fingerprint density at radius 2 is 1.72 bits per heavy atom. The van der Waals surface area contributed by atoms with Crippen LogP contribution in [0.25, 0.3) is 0 Å². The van der Waals surface area contributed by atoms with Gasteiger partial charge in [0.25, 0.3) is 0 Å². The molecule has 1 saturated carbocycles. The van der Waals surface area contributed by atoms with Crippen LogP contribution in [-0.4, -0.2) is 18.6 Å². The molecule has 0 amide bonds. The van der Waals surface area contributed by atoms with Crippen LogP contribution in [0.1, 0.15) is 32.1 Å². The van der Waals surface area contributed by atoms with Gasteiger partial charge in [-0.2, -0.15) is 0 Å². The van der Waals surface area contributed by atoms with Crippen molar-refractivity contribution < 1.29 is 4.74 Å². The Labute approximate surface area is 162 Å². The standard InChI is InChI=1S/C19H25N3O.2ClH/c1-22(16-9-11-21-12-10-16)17-7-8-19(18(20)13-17)23-14-15-5-3-2-4-6-15;;/h7-13,15H,2-6,14,20H2,1H3;2*1H. The van der Waals surface area contributed by atoms with Gasteiger partial charge in [-0.25, -0.2) is 0 Å². The lowest BCUT2D eigenvalue weighted by atomic mass is 9.90. The summed E-state index contributed by atoms with van der Waals surface area (Å²) in [7, 11) is 2.02. The van der Waals surface area contributed by atoms with Crippen molar-refractivity contribution >= 4 is 41.9 Å². The van der Waals surface area contributed by atoms with E-state index in [0.717, 1.165) is 23.7 Å². The zero-order chi connectivity index (χ0) is 16.1. The van der Waals surface area contributed by atoms with Gasteiger partial charge in [0, 0.05) is 30.8 Å². The summed E-state index contributed by atoms with van der Waals surface area (Å²) in [6.07, 6.45) is 10.2. The van der Waals surface area contributed by atoms with Gasteiger partial charge in [-0.05, 0) is 49.1 Å². The van der Waals surface area contributed by atoms with Crippen molar-refractivity contribution in [3.63, 3.8) is 0 Å². The van der Waals surface area contributed by atoms with Crippen LogP contribution in [0, 0.1) is 5.92 Å². The molecule has 0 unspecified atom stereocenters. The van der Waals surface area contributed by atoms with Crippen LogP contribution in [0.2, 0.25) is 0 Å². The molecule has 0 atom stereocenters. The van der Waals surface area contributed by atoms with Crippen molar-refractivity contribution in [3.8, 4) is 5.75 Å². The molecule has 1 aliphatic carbocycles. The summed E-state index contributed by atoms with van der Waals surface area (Å²) < 4.78 is 5.96. The largest absolute Gasteiger partial charge is 0.491 e. The molecule has 4 nitrogen and oxygen atoms in total. The fourth-order valence-electron chi connectivity index (χ4n) is 3.15. The molecule has 0 spiro atoms. The molecule has 1 aromatic heterocycles. The Balaban J connectivity index is 0.00000156. The lowest BCUT2D eigenvalue weighted by Crippen LogP contribution is -2.16. The summed E-state index contributed by atoms with van der Waals surface area (Å²) in [4.78, 5) is 6.14. The zero-order valence-electron chi connectivity index (χ0n) is 14.6. The number of rotatable bonds is 5. The molecule has 0 radical (unpaired) electrons. The van der Waals surface area contributed by atoms with E-state index in [2.05, 4.69) is 9.88 Å². The predicted molar refractivity (Wildman–Crippen MR) is 110 cm³/mol. The maximum atomic E-state index is 6.19. The van der Waals surface area contributed by atoms with E-state index >= 15 is 0 Å². The smallest absolute Gasteiger partial charge is 0.142 e. The summed E-state index contributed by atoms with van der Waals surface area (Å²) in [6, 6.07) is 9.95. The van der Waals surface area contributed by atoms with Crippen molar-refractivity contribution in [1.29, 1.82) is 0 Å². The molecule has 0 saturated heterocycles. The number of anilines is 3. The van der Waals surface area contributed by atoms with Gasteiger partial charge in [0.1, 0.15) is 5.75 Å². The second kappa shape index (κ2) is 10.4. The van der Waals surface area contributed by atoms with Gasteiger partial charge < -0.3 is 15.4 Å². The summed E-state index contributed by atoms with van der Waals surface area (Å²) >= 11 is 0. The number of ether oxygens (including phenoxy) is 1. The molecule has 2 N–H and O–H groups in total. The molecule has 3 rings (SSSR count). The van der Waals surface area contributed by atoms with Crippen LogP contribution >= 0.6 is 24.8 Å². The number of hydrogen-bond donors (Lipinski definition) is 1. The van der Waals surface area contributed by atoms with E-state index < -0.39 is 0 Å². The van der Waals surface area contributed by atoms with Crippen molar-refractivity contribution in [2.24, 2.45) is 5.92 Å². The molecular formula is C19H27Cl2N3O. The maximum Gasteiger partial charge on any atom is 0.142 e. The number of aromatic nitrogens is 1. The lowest BCUT2D eigenvalue weighted by molar-refractivity contribution is 0.209. The third kappa shape index (κ3) is 5.68. The topological polar surface area (TPSA) is 51.4 Å². The minimum absolute atomic E-state index is 0. The van der Waals surface area contributed by atoms with E-state index in [9.17, 15) is 0 Å². The molecule has 138 valence electrons. The van der Waals surface area contributed by atoms with Gasteiger partial charge >= 0.3 is 0 Å². The highest BCUT2D eigenvalue weighted by Crippen LogP contribution is 2.31. The van der Waals surface area contributed by atoms with Gasteiger partial charge in [0.15, 0.2) is 0 Å². The second-order valence-corrected chi connectivity index (χ2v) is 6.30. The molecule has 6 heteroatoms. The monoisotopic (exact) mass is 383 g/mol. The van der Waals surface area contributed by atoms with E-state index in [1.165, 1.54) is 32.1 Å². The van der Waals surface area contributed by atoms with E-state index in [-0.39, 0.29) is 24.8 Å². The van der Waals surface area contributed by atoms with Gasteiger partial charge in [-0.15, -0.1) is 24.8 Å². The zero-order valence-corrected chi connectivity index (χ0v) is 16.2. The van der Waals surface area contributed by atoms with Crippen molar-refractivity contribution in [3.05, 3.63) is 42.7 Å². The summed E-state index contributed by atoms with van der Waals surface area (Å²) in [5.74, 6) is 1.48. The quantitative estimate of drug-likeness (QED) is 0.717. The highest BCUT2D eigenvalue weighted by atomic mass is 35.5. The molecule has 1 aliphatic rings. The average molecular weight is 384 g/mol. The molecule has 2 aromatic rings. The molecule has 25 heavy (non-hydrogen) atoms. The number of nitrogens with zero attached hydrogens (tertiary/aromatic N) is 2. The number of nitrogens with two attached hydrogens (primary N) is 1. The number of hydrogen-bond acceptors (Lipinski definition) is 4. The second-order valence-electron chi connectivity index (χ2n) is 6.30. The first kappa shape index (κ1) is 21.4. The van der Waals surface area contributed by atoms with Crippen molar-refractivity contribution in [1.82, 2.24) is 4.98 Å².